The Morgan fingerprint density at radius 1 is 1.10 bits per heavy atom. The molecule has 0 aliphatic carbocycles. The predicted octanol–water partition coefficient (Wildman–Crippen LogP) is 4.85. The third-order valence-electron chi connectivity index (χ3n) is 3.57. The monoisotopic (exact) mass is 354 g/mol. The van der Waals surface area contributed by atoms with E-state index in [9.17, 15) is 4.79 Å². The Labute approximate surface area is 137 Å². The minimum absolute atomic E-state index is 0.0846. The summed E-state index contributed by atoms with van der Waals surface area (Å²) in [6.07, 6.45) is 6.78. The first-order valence-electron chi connectivity index (χ1n) is 7.94. The van der Waals surface area contributed by atoms with E-state index in [-0.39, 0.29) is 5.91 Å². The number of hydrogen-bond donors (Lipinski definition) is 1. The van der Waals surface area contributed by atoms with Gasteiger partial charge in [0.15, 0.2) is 0 Å². The lowest BCUT2D eigenvalue weighted by molar-refractivity contribution is 0.0748. The van der Waals surface area contributed by atoms with Crippen LogP contribution < -0.4 is 5.73 Å². The second-order valence-corrected chi connectivity index (χ2v) is 6.30. The molecular formula is C17H27BrN2O. The second kappa shape index (κ2) is 9.82. The molecule has 0 saturated heterocycles. The van der Waals surface area contributed by atoms with E-state index in [1.807, 2.05) is 11.0 Å². The molecule has 1 rings (SSSR count). The number of nitrogens with zero attached hydrogens (tertiary/aromatic N) is 1. The summed E-state index contributed by atoms with van der Waals surface area (Å²) in [5.41, 5.74) is 7.11. The van der Waals surface area contributed by atoms with E-state index in [0.717, 1.165) is 43.2 Å². The fourth-order valence-electron chi connectivity index (χ4n) is 2.30. The molecule has 21 heavy (non-hydrogen) atoms. The molecule has 0 atom stereocenters. The van der Waals surface area contributed by atoms with Gasteiger partial charge in [-0.05, 0) is 47.0 Å². The molecule has 0 saturated carbocycles. The maximum atomic E-state index is 12.7. The average molecular weight is 355 g/mol. The van der Waals surface area contributed by atoms with Crippen LogP contribution in [0.3, 0.4) is 0 Å². The average Bonchev–Trinajstić information content (AvgIpc) is 2.48. The number of nitrogens with two attached hydrogens (primary N) is 1. The second-order valence-electron chi connectivity index (χ2n) is 5.45. The van der Waals surface area contributed by atoms with Crippen LogP contribution >= 0.6 is 15.9 Å². The van der Waals surface area contributed by atoms with Gasteiger partial charge < -0.3 is 10.6 Å². The van der Waals surface area contributed by atoms with Gasteiger partial charge in [0, 0.05) is 23.2 Å². The Morgan fingerprint density at radius 2 is 1.67 bits per heavy atom. The van der Waals surface area contributed by atoms with Crippen LogP contribution in [-0.2, 0) is 0 Å². The summed E-state index contributed by atoms with van der Waals surface area (Å²) in [7, 11) is 0. The van der Waals surface area contributed by atoms with Crippen LogP contribution in [-0.4, -0.2) is 23.9 Å². The topological polar surface area (TPSA) is 46.3 Å². The Hall–Kier alpha value is -1.03. The van der Waals surface area contributed by atoms with Crippen LogP contribution in [0.1, 0.15) is 62.7 Å². The van der Waals surface area contributed by atoms with Crippen LogP contribution in [0.15, 0.2) is 22.7 Å². The van der Waals surface area contributed by atoms with Gasteiger partial charge >= 0.3 is 0 Å². The number of unbranched alkanes of at least 4 members (excludes halogenated alkanes) is 4. The van der Waals surface area contributed by atoms with Crippen LogP contribution in [0.25, 0.3) is 0 Å². The van der Waals surface area contributed by atoms with Crippen LogP contribution in [0.4, 0.5) is 5.69 Å². The first-order chi connectivity index (χ1) is 10.1. The summed E-state index contributed by atoms with van der Waals surface area (Å²) in [4.78, 5) is 14.7. The van der Waals surface area contributed by atoms with Crippen LogP contribution in [0.2, 0.25) is 0 Å². The molecular weight excluding hydrogens is 328 g/mol. The van der Waals surface area contributed by atoms with Crippen molar-refractivity contribution in [2.45, 2.75) is 52.4 Å². The van der Waals surface area contributed by atoms with E-state index in [1.54, 1.807) is 12.1 Å². The van der Waals surface area contributed by atoms with Gasteiger partial charge in [0.05, 0.1) is 5.56 Å². The molecule has 0 aliphatic rings. The molecule has 1 amide bonds. The van der Waals surface area contributed by atoms with E-state index in [4.69, 9.17) is 5.73 Å². The lowest BCUT2D eigenvalue weighted by atomic mass is 10.1. The highest BCUT2D eigenvalue weighted by atomic mass is 79.9. The highest BCUT2D eigenvalue weighted by molar-refractivity contribution is 9.10. The van der Waals surface area contributed by atoms with E-state index >= 15 is 0 Å². The number of anilines is 1. The summed E-state index contributed by atoms with van der Waals surface area (Å²) in [6.45, 7) is 6.02. The highest BCUT2D eigenvalue weighted by Crippen LogP contribution is 2.22. The molecule has 4 heteroatoms. The number of hydrogen-bond acceptors (Lipinski definition) is 2. The zero-order valence-electron chi connectivity index (χ0n) is 13.2. The number of nitrogen functional groups attached to an aromatic ring is 1. The van der Waals surface area contributed by atoms with Gasteiger partial charge in [-0.25, -0.2) is 0 Å². The normalized spacial score (nSPS) is 10.6. The molecule has 118 valence electrons. The maximum Gasteiger partial charge on any atom is 0.255 e. The molecule has 1 aromatic carbocycles. The molecule has 1 aromatic rings. The van der Waals surface area contributed by atoms with Crippen molar-refractivity contribution in [1.82, 2.24) is 4.90 Å². The largest absolute Gasteiger partial charge is 0.399 e. The highest BCUT2D eigenvalue weighted by Gasteiger charge is 2.17. The maximum absolute atomic E-state index is 12.7. The molecule has 0 unspecified atom stereocenters. The number of carbonyl (C=O) groups is 1. The van der Waals surface area contributed by atoms with Gasteiger partial charge in [-0.15, -0.1) is 0 Å². The third kappa shape index (κ3) is 6.08. The smallest absolute Gasteiger partial charge is 0.255 e. The van der Waals surface area contributed by atoms with Gasteiger partial charge in [0.25, 0.3) is 5.91 Å². The van der Waals surface area contributed by atoms with Crippen molar-refractivity contribution in [2.24, 2.45) is 0 Å². The van der Waals surface area contributed by atoms with Crippen molar-refractivity contribution in [2.75, 3.05) is 18.8 Å². The summed E-state index contributed by atoms with van der Waals surface area (Å²) >= 11 is 3.46. The van der Waals surface area contributed by atoms with Crippen LogP contribution in [0.5, 0.6) is 0 Å². The Morgan fingerprint density at radius 3 is 2.19 bits per heavy atom. The van der Waals surface area contributed by atoms with Crippen molar-refractivity contribution in [1.29, 1.82) is 0 Å². The lowest BCUT2D eigenvalue weighted by Crippen LogP contribution is -2.33. The van der Waals surface area contributed by atoms with Crippen molar-refractivity contribution in [3.63, 3.8) is 0 Å². The minimum Gasteiger partial charge on any atom is -0.399 e. The van der Waals surface area contributed by atoms with Crippen molar-refractivity contribution in [3.8, 4) is 0 Å². The number of halogens is 1. The Bertz CT molecular complexity index is 438. The zero-order valence-corrected chi connectivity index (χ0v) is 14.8. The molecule has 0 aliphatic heterocycles. The zero-order chi connectivity index (χ0) is 15.7. The van der Waals surface area contributed by atoms with Gasteiger partial charge in [0.2, 0.25) is 0 Å². The lowest BCUT2D eigenvalue weighted by Gasteiger charge is -2.23. The molecule has 0 bridgehead atoms. The minimum atomic E-state index is 0.0846. The summed E-state index contributed by atoms with van der Waals surface area (Å²) in [5.74, 6) is 0.0846. The van der Waals surface area contributed by atoms with Crippen LogP contribution in [0, 0.1) is 0 Å². The molecule has 0 aromatic heterocycles. The standard InChI is InChI=1S/C17H27BrN2O/c1-3-5-7-11-20(12-8-6-4-2)17(21)15-13-14(19)9-10-16(15)18/h9-10,13H,3-8,11-12,19H2,1-2H3. The van der Waals surface area contributed by atoms with E-state index in [1.165, 1.54) is 12.8 Å². The SMILES string of the molecule is CCCCCN(CCCCC)C(=O)c1cc(N)ccc1Br. The van der Waals surface area contributed by atoms with Gasteiger partial charge in [-0.1, -0.05) is 39.5 Å². The molecule has 0 fully saturated rings. The van der Waals surface area contributed by atoms with Gasteiger partial charge in [-0.3, -0.25) is 4.79 Å². The van der Waals surface area contributed by atoms with Crippen molar-refractivity contribution < 1.29 is 4.79 Å². The fourth-order valence-corrected chi connectivity index (χ4v) is 2.71. The summed E-state index contributed by atoms with van der Waals surface area (Å²) in [5, 5.41) is 0. The number of carbonyl (C=O) groups excluding carboxylic acids is 1. The van der Waals surface area contributed by atoms with Gasteiger partial charge in [-0.2, -0.15) is 0 Å². The third-order valence-corrected chi connectivity index (χ3v) is 4.26. The molecule has 0 heterocycles. The van der Waals surface area contributed by atoms with Crippen molar-refractivity contribution in [3.05, 3.63) is 28.2 Å². The van der Waals surface area contributed by atoms with E-state index in [2.05, 4.69) is 29.8 Å². The number of amides is 1. The fraction of sp³-hybridized carbons (Fsp3) is 0.588. The molecule has 0 spiro atoms. The molecule has 2 N–H and O–H groups in total. The van der Waals surface area contributed by atoms with E-state index < -0.39 is 0 Å². The number of benzene rings is 1. The quantitative estimate of drug-likeness (QED) is 0.508. The molecule has 3 nitrogen and oxygen atoms in total. The Kier molecular flexibility index (Phi) is 8.43. The predicted molar refractivity (Wildman–Crippen MR) is 93.5 cm³/mol. The summed E-state index contributed by atoms with van der Waals surface area (Å²) in [6, 6.07) is 5.41. The Balaban J connectivity index is 2.79. The first-order valence-corrected chi connectivity index (χ1v) is 8.73. The van der Waals surface area contributed by atoms with Crippen molar-refractivity contribution >= 4 is 27.5 Å². The number of rotatable bonds is 9. The van der Waals surface area contributed by atoms with E-state index in [0.29, 0.717) is 11.3 Å². The molecule has 0 radical (unpaired) electrons. The van der Waals surface area contributed by atoms with Gasteiger partial charge in [0.1, 0.15) is 0 Å². The summed E-state index contributed by atoms with van der Waals surface area (Å²) < 4.78 is 0.817. The first kappa shape index (κ1) is 18.0.